The molecule has 0 aliphatic carbocycles. The molecule has 9 nitrogen and oxygen atoms in total. The lowest BCUT2D eigenvalue weighted by atomic mass is 9.98. The number of nitroso groups, excluding NO2 is 1. The monoisotopic (exact) mass is 327 g/mol. The SMILES string of the molecule is O=[N+]1C=CCN2C1=NC1=C(NCCN1)C2c1cccc([N+](=O)[O-])c1. The van der Waals surface area contributed by atoms with E-state index in [-0.39, 0.29) is 17.7 Å². The lowest BCUT2D eigenvalue weighted by Crippen LogP contribution is -2.50. The van der Waals surface area contributed by atoms with E-state index in [2.05, 4.69) is 15.6 Å². The first-order valence-electron chi connectivity index (χ1n) is 7.60. The van der Waals surface area contributed by atoms with Gasteiger partial charge in [0.1, 0.15) is 17.9 Å². The molecule has 3 aliphatic rings. The molecule has 0 aromatic heterocycles. The van der Waals surface area contributed by atoms with Crippen LogP contribution in [0.4, 0.5) is 5.69 Å². The average Bonchev–Trinajstić information content (AvgIpc) is 2.60. The number of hydrogen-bond acceptors (Lipinski definition) is 7. The van der Waals surface area contributed by atoms with Gasteiger partial charge in [-0.15, -0.1) is 0 Å². The van der Waals surface area contributed by atoms with Crippen LogP contribution in [0.5, 0.6) is 0 Å². The molecule has 0 radical (unpaired) electrons. The van der Waals surface area contributed by atoms with E-state index in [4.69, 9.17) is 0 Å². The predicted octanol–water partition coefficient (Wildman–Crippen LogP) is 0.976. The minimum Gasteiger partial charge on any atom is -0.379 e. The van der Waals surface area contributed by atoms with Crippen molar-refractivity contribution < 1.29 is 9.68 Å². The molecule has 2 N–H and O–H groups in total. The zero-order valence-corrected chi connectivity index (χ0v) is 12.7. The Hall–Kier alpha value is -3.23. The summed E-state index contributed by atoms with van der Waals surface area (Å²) in [5.41, 5.74) is 1.59. The molecular formula is C15H15N6O3+. The van der Waals surface area contributed by atoms with Crippen molar-refractivity contribution in [3.05, 3.63) is 68.6 Å². The Morgan fingerprint density at radius 1 is 1.33 bits per heavy atom. The van der Waals surface area contributed by atoms with Crippen molar-refractivity contribution in [3.63, 3.8) is 0 Å². The van der Waals surface area contributed by atoms with Gasteiger partial charge in [0.25, 0.3) is 5.69 Å². The Kier molecular flexibility index (Phi) is 3.26. The Morgan fingerprint density at radius 2 is 2.17 bits per heavy atom. The molecular weight excluding hydrogens is 312 g/mol. The van der Waals surface area contributed by atoms with Gasteiger partial charge in [0.15, 0.2) is 0 Å². The number of fused-ring (bicyclic) bond motifs is 1. The smallest absolute Gasteiger partial charge is 0.379 e. The molecule has 1 aromatic carbocycles. The van der Waals surface area contributed by atoms with Crippen molar-refractivity contribution in [1.29, 1.82) is 0 Å². The van der Waals surface area contributed by atoms with Gasteiger partial charge in [0, 0.05) is 30.8 Å². The Morgan fingerprint density at radius 3 is 3.00 bits per heavy atom. The highest BCUT2D eigenvalue weighted by Gasteiger charge is 2.44. The van der Waals surface area contributed by atoms with Gasteiger partial charge in [-0.25, -0.2) is 4.90 Å². The second-order valence-corrected chi connectivity index (χ2v) is 5.65. The van der Waals surface area contributed by atoms with Gasteiger partial charge in [-0.05, 0) is 15.8 Å². The number of non-ortho nitro benzene ring substituents is 1. The minimum atomic E-state index is -0.417. The maximum Gasteiger partial charge on any atom is 0.438 e. The molecule has 0 fully saturated rings. The van der Waals surface area contributed by atoms with Crippen LogP contribution in [0.3, 0.4) is 0 Å². The number of guanidine groups is 1. The summed E-state index contributed by atoms with van der Waals surface area (Å²) >= 11 is 0. The van der Waals surface area contributed by atoms with Crippen molar-refractivity contribution in [3.8, 4) is 0 Å². The van der Waals surface area contributed by atoms with Crippen LogP contribution in [-0.4, -0.2) is 40.2 Å². The van der Waals surface area contributed by atoms with Crippen LogP contribution in [0.25, 0.3) is 0 Å². The highest BCUT2D eigenvalue weighted by atomic mass is 16.6. The van der Waals surface area contributed by atoms with Crippen molar-refractivity contribution in [2.75, 3.05) is 19.6 Å². The lowest BCUT2D eigenvalue weighted by Gasteiger charge is -2.35. The number of aliphatic imine (C=N–C) groups is 1. The van der Waals surface area contributed by atoms with Crippen molar-refractivity contribution >= 4 is 11.6 Å². The molecule has 0 bridgehead atoms. The summed E-state index contributed by atoms with van der Waals surface area (Å²) in [6.45, 7) is 1.93. The molecule has 4 rings (SSSR count). The van der Waals surface area contributed by atoms with Crippen LogP contribution in [0, 0.1) is 15.0 Å². The average molecular weight is 327 g/mol. The molecule has 0 saturated carbocycles. The molecule has 0 spiro atoms. The third-order valence-electron chi connectivity index (χ3n) is 4.18. The topological polar surface area (TPSA) is 103 Å². The molecule has 1 atom stereocenters. The summed E-state index contributed by atoms with van der Waals surface area (Å²) in [6, 6.07) is 6.15. The summed E-state index contributed by atoms with van der Waals surface area (Å²) in [5, 5.41) is 17.6. The summed E-state index contributed by atoms with van der Waals surface area (Å²) in [6.07, 6.45) is 3.18. The fourth-order valence-corrected chi connectivity index (χ4v) is 3.16. The molecule has 1 unspecified atom stereocenters. The van der Waals surface area contributed by atoms with Gasteiger partial charge in [-0.2, -0.15) is 0 Å². The molecule has 24 heavy (non-hydrogen) atoms. The zero-order chi connectivity index (χ0) is 16.7. The van der Waals surface area contributed by atoms with Crippen LogP contribution < -0.4 is 10.6 Å². The van der Waals surface area contributed by atoms with E-state index in [1.54, 1.807) is 18.2 Å². The van der Waals surface area contributed by atoms with E-state index in [0.717, 1.165) is 17.8 Å². The molecule has 1 aromatic rings. The number of nitrogens with zero attached hydrogens (tertiary/aromatic N) is 4. The Bertz CT molecular complexity index is 828. The summed E-state index contributed by atoms with van der Waals surface area (Å²) in [5.74, 6) is 0.893. The first-order valence-corrected chi connectivity index (χ1v) is 7.60. The molecule has 9 heteroatoms. The van der Waals surface area contributed by atoms with Gasteiger partial charge in [0.05, 0.1) is 11.5 Å². The fourth-order valence-electron chi connectivity index (χ4n) is 3.16. The van der Waals surface area contributed by atoms with E-state index in [1.807, 2.05) is 11.0 Å². The molecule has 122 valence electrons. The molecule has 0 saturated heterocycles. The van der Waals surface area contributed by atoms with Gasteiger partial charge in [-0.1, -0.05) is 17.0 Å². The number of nitro benzene ring substituents is 1. The van der Waals surface area contributed by atoms with E-state index in [0.29, 0.717) is 23.7 Å². The number of benzene rings is 1. The molecule has 0 amide bonds. The van der Waals surface area contributed by atoms with Crippen molar-refractivity contribution in [2.45, 2.75) is 6.04 Å². The van der Waals surface area contributed by atoms with Gasteiger partial charge in [0.2, 0.25) is 5.82 Å². The third kappa shape index (κ3) is 2.21. The van der Waals surface area contributed by atoms with Crippen molar-refractivity contribution in [2.24, 2.45) is 4.99 Å². The van der Waals surface area contributed by atoms with Crippen LogP contribution in [-0.2, 0) is 0 Å². The number of rotatable bonds is 2. The zero-order valence-electron chi connectivity index (χ0n) is 12.7. The number of nitrogens with one attached hydrogen (secondary N) is 2. The van der Waals surface area contributed by atoms with Crippen molar-refractivity contribution in [1.82, 2.24) is 15.5 Å². The van der Waals surface area contributed by atoms with Crippen LogP contribution >= 0.6 is 0 Å². The second-order valence-electron chi connectivity index (χ2n) is 5.65. The van der Waals surface area contributed by atoms with Gasteiger partial charge >= 0.3 is 5.96 Å². The highest BCUT2D eigenvalue weighted by molar-refractivity contribution is 5.77. The minimum absolute atomic E-state index is 0.0222. The Labute approximate surface area is 137 Å². The van der Waals surface area contributed by atoms with Crippen LogP contribution in [0.2, 0.25) is 0 Å². The van der Waals surface area contributed by atoms with E-state index in [1.165, 1.54) is 12.3 Å². The first-order chi connectivity index (χ1) is 11.6. The standard InChI is InChI=1S/C15H15N6O3/c22-20-8-2-7-19-13(10-3-1-4-11(9-10)21(23)24)12-14(18-15(19)20)17-6-5-16-12/h1-4,8-9,13,16-17H,5-7H2/q+1. The third-order valence-corrected chi connectivity index (χ3v) is 4.18. The Balaban J connectivity index is 1.86. The normalized spacial score (nSPS) is 22.2. The maximum atomic E-state index is 12.1. The number of hydrogen-bond donors (Lipinski definition) is 2. The van der Waals surface area contributed by atoms with Crippen LogP contribution in [0.1, 0.15) is 11.6 Å². The van der Waals surface area contributed by atoms with Gasteiger partial charge < -0.3 is 10.6 Å². The predicted molar refractivity (Wildman–Crippen MR) is 85.8 cm³/mol. The van der Waals surface area contributed by atoms with Crippen LogP contribution in [0.15, 0.2) is 53.1 Å². The first kappa shape index (κ1) is 14.4. The molecule has 3 aliphatic heterocycles. The summed E-state index contributed by atoms with van der Waals surface area (Å²) in [4.78, 5) is 29.1. The lowest BCUT2D eigenvalue weighted by molar-refractivity contribution is -0.385. The largest absolute Gasteiger partial charge is 0.438 e. The van der Waals surface area contributed by atoms with E-state index >= 15 is 0 Å². The summed E-state index contributed by atoms with van der Waals surface area (Å²) in [7, 11) is 0. The van der Waals surface area contributed by atoms with E-state index < -0.39 is 4.92 Å². The fraction of sp³-hybridized carbons (Fsp3) is 0.267. The maximum absolute atomic E-state index is 12.1. The van der Waals surface area contributed by atoms with E-state index in [9.17, 15) is 15.0 Å². The van der Waals surface area contributed by atoms with Gasteiger partial charge in [-0.3, -0.25) is 10.1 Å². The summed E-state index contributed by atoms with van der Waals surface area (Å²) < 4.78 is 0.716. The number of nitro groups is 1. The highest BCUT2D eigenvalue weighted by Crippen LogP contribution is 2.35. The quantitative estimate of drug-likeness (QED) is 0.477. The second kappa shape index (κ2) is 5.44. The molecule has 3 heterocycles.